The van der Waals surface area contributed by atoms with Gasteiger partial charge in [0.2, 0.25) is 5.88 Å². The summed E-state index contributed by atoms with van der Waals surface area (Å²) in [6, 6.07) is 17.8. The molecule has 2 atom stereocenters. The second-order valence-corrected chi connectivity index (χ2v) is 6.06. The smallest absolute Gasteiger partial charge is 0.272 e. The van der Waals surface area contributed by atoms with E-state index in [0.717, 1.165) is 30.3 Å². The SMILES string of the molecule is O=c1[nH]nc(OC(c2ccccc2)C2CCCN2)c2ccccc12. The minimum Gasteiger partial charge on any atom is -0.466 e. The highest BCUT2D eigenvalue weighted by Crippen LogP contribution is 2.30. The number of nitrogens with zero attached hydrogens (tertiary/aromatic N) is 1. The van der Waals surface area contributed by atoms with Crippen LogP contribution in [0.2, 0.25) is 0 Å². The van der Waals surface area contributed by atoms with E-state index >= 15 is 0 Å². The van der Waals surface area contributed by atoms with E-state index in [1.54, 1.807) is 6.07 Å². The minimum atomic E-state index is -0.201. The van der Waals surface area contributed by atoms with E-state index in [1.165, 1.54) is 0 Å². The van der Waals surface area contributed by atoms with Gasteiger partial charge in [-0.25, -0.2) is 5.10 Å². The van der Waals surface area contributed by atoms with Gasteiger partial charge in [-0.15, -0.1) is 5.10 Å². The summed E-state index contributed by atoms with van der Waals surface area (Å²) >= 11 is 0. The Kier molecular flexibility index (Phi) is 4.01. The van der Waals surface area contributed by atoms with Crippen LogP contribution in [0.15, 0.2) is 59.4 Å². The molecule has 1 aromatic heterocycles. The van der Waals surface area contributed by atoms with Crippen molar-refractivity contribution < 1.29 is 4.74 Å². The number of aromatic nitrogens is 2. The first kappa shape index (κ1) is 14.9. The largest absolute Gasteiger partial charge is 0.466 e. The maximum absolute atomic E-state index is 12.0. The number of benzene rings is 2. The lowest BCUT2D eigenvalue weighted by Crippen LogP contribution is -2.32. The van der Waals surface area contributed by atoms with Crippen LogP contribution in [0.25, 0.3) is 10.8 Å². The molecule has 0 spiro atoms. The molecule has 5 heteroatoms. The van der Waals surface area contributed by atoms with Crippen molar-refractivity contribution >= 4 is 10.8 Å². The van der Waals surface area contributed by atoms with E-state index in [2.05, 4.69) is 27.6 Å². The zero-order valence-corrected chi connectivity index (χ0v) is 13.2. The van der Waals surface area contributed by atoms with Crippen LogP contribution in [-0.4, -0.2) is 22.8 Å². The van der Waals surface area contributed by atoms with Gasteiger partial charge in [0.1, 0.15) is 6.10 Å². The summed E-state index contributed by atoms with van der Waals surface area (Å²) in [7, 11) is 0. The van der Waals surface area contributed by atoms with Crippen molar-refractivity contribution in [1.82, 2.24) is 15.5 Å². The number of ether oxygens (including phenoxy) is 1. The summed E-state index contributed by atoms with van der Waals surface area (Å²) < 4.78 is 6.31. The molecule has 5 nitrogen and oxygen atoms in total. The predicted octanol–water partition coefficient (Wildman–Crippen LogP) is 2.80. The summed E-state index contributed by atoms with van der Waals surface area (Å²) in [4.78, 5) is 12.0. The van der Waals surface area contributed by atoms with Crippen LogP contribution >= 0.6 is 0 Å². The van der Waals surface area contributed by atoms with Crippen molar-refractivity contribution in [2.24, 2.45) is 0 Å². The second-order valence-electron chi connectivity index (χ2n) is 6.06. The highest BCUT2D eigenvalue weighted by atomic mass is 16.5. The van der Waals surface area contributed by atoms with Crippen molar-refractivity contribution in [2.45, 2.75) is 25.0 Å². The molecule has 0 saturated carbocycles. The van der Waals surface area contributed by atoms with Crippen molar-refractivity contribution in [3.63, 3.8) is 0 Å². The summed E-state index contributed by atoms with van der Waals surface area (Å²) in [6.07, 6.45) is 2.05. The molecule has 2 unspecified atom stereocenters. The fourth-order valence-corrected chi connectivity index (χ4v) is 3.29. The lowest BCUT2D eigenvalue weighted by Gasteiger charge is -2.25. The zero-order valence-electron chi connectivity index (χ0n) is 13.2. The van der Waals surface area contributed by atoms with Crippen LogP contribution in [0.1, 0.15) is 24.5 Å². The third kappa shape index (κ3) is 2.78. The zero-order chi connectivity index (χ0) is 16.4. The number of H-pyrrole nitrogens is 1. The van der Waals surface area contributed by atoms with E-state index < -0.39 is 0 Å². The molecule has 1 aliphatic rings. The summed E-state index contributed by atoms with van der Waals surface area (Å²) in [5.41, 5.74) is 0.905. The van der Waals surface area contributed by atoms with E-state index in [-0.39, 0.29) is 17.7 Å². The molecule has 24 heavy (non-hydrogen) atoms. The van der Waals surface area contributed by atoms with Gasteiger partial charge < -0.3 is 10.1 Å². The third-order valence-corrected chi connectivity index (χ3v) is 4.49. The molecule has 122 valence electrons. The highest BCUT2D eigenvalue weighted by molar-refractivity contribution is 5.85. The normalized spacial score (nSPS) is 18.6. The van der Waals surface area contributed by atoms with Crippen LogP contribution in [0.5, 0.6) is 5.88 Å². The molecule has 3 aromatic rings. The van der Waals surface area contributed by atoms with E-state index in [4.69, 9.17) is 4.74 Å². The van der Waals surface area contributed by atoms with Gasteiger partial charge >= 0.3 is 0 Å². The van der Waals surface area contributed by atoms with Gasteiger partial charge in [-0.3, -0.25) is 4.79 Å². The minimum absolute atomic E-state index is 0.143. The Morgan fingerprint density at radius 2 is 1.79 bits per heavy atom. The van der Waals surface area contributed by atoms with Crippen molar-refractivity contribution in [3.8, 4) is 5.88 Å². The maximum Gasteiger partial charge on any atom is 0.272 e. The Bertz CT molecular complexity index is 886. The van der Waals surface area contributed by atoms with Crippen LogP contribution in [0, 0.1) is 0 Å². The first-order chi connectivity index (χ1) is 11.8. The second kappa shape index (κ2) is 6.45. The summed E-state index contributed by atoms with van der Waals surface area (Å²) in [6.45, 7) is 0.997. The number of aromatic amines is 1. The summed E-state index contributed by atoms with van der Waals surface area (Å²) in [5, 5.41) is 11.5. The molecule has 1 aliphatic heterocycles. The number of rotatable bonds is 4. The van der Waals surface area contributed by atoms with E-state index in [0.29, 0.717) is 11.3 Å². The van der Waals surface area contributed by atoms with E-state index in [9.17, 15) is 4.79 Å². The Balaban J connectivity index is 1.75. The lowest BCUT2D eigenvalue weighted by molar-refractivity contribution is 0.157. The number of hydrogen-bond donors (Lipinski definition) is 2. The molecule has 0 aliphatic carbocycles. The molecule has 2 heterocycles. The van der Waals surface area contributed by atoms with Crippen molar-refractivity contribution in [2.75, 3.05) is 6.54 Å². The van der Waals surface area contributed by atoms with Crippen LogP contribution in [0.3, 0.4) is 0 Å². The first-order valence-corrected chi connectivity index (χ1v) is 8.25. The summed E-state index contributed by atoms with van der Waals surface area (Å²) in [5.74, 6) is 0.466. The number of fused-ring (bicyclic) bond motifs is 1. The molecule has 0 amide bonds. The van der Waals surface area contributed by atoms with Gasteiger partial charge in [-0.2, -0.15) is 0 Å². The van der Waals surface area contributed by atoms with Gasteiger partial charge in [0.25, 0.3) is 5.56 Å². The van der Waals surface area contributed by atoms with Gasteiger partial charge in [-0.1, -0.05) is 42.5 Å². The van der Waals surface area contributed by atoms with Crippen molar-refractivity contribution in [3.05, 3.63) is 70.5 Å². The van der Waals surface area contributed by atoms with Gasteiger partial charge in [0.15, 0.2) is 0 Å². The van der Waals surface area contributed by atoms with Crippen LogP contribution in [0.4, 0.5) is 0 Å². The van der Waals surface area contributed by atoms with Gasteiger partial charge in [-0.05, 0) is 37.1 Å². The van der Waals surface area contributed by atoms with E-state index in [1.807, 2.05) is 36.4 Å². The molecular weight excluding hydrogens is 302 g/mol. The average molecular weight is 321 g/mol. The highest BCUT2D eigenvalue weighted by Gasteiger charge is 2.28. The first-order valence-electron chi connectivity index (χ1n) is 8.25. The monoisotopic (exact) mass is 321 g/mol. The lowest BCUT2D eigenvalue weighted by atomic mass is 10.0. The van der Waals surface area contributed by atoms with Crippen molar-refractivity contribution in [1.29, 1.82) is 0 Å². The van der Waals surface area contributed by atoms with Crippen LogP contribution < -0.4 is 15.6 Å². The van der Waals surface area contributed by atoms with Gasteiger partial charge in [0.05, 0.1) is 10.8 Å². The van der Waals surface area contributed by atoms with Crippen LogP contribution in [-0.2, 0) is 0 Å². The molecule has 4 rings (SSSR count). The molecule has 0 radical (unpaired) electrons. The Labute approximate surface area is 139 Å². The number of nitrogens with one attached hydrogen (secondary N) is 2. The Hall–Kier alpha value is -2.66. The topological polar surface area (TPSA) is 67.0 Å². The molecule has 1 saturated heterocycles. The molecule has 2 aromatic carbocycles. The molecular formula is C19H19N3O2. The maximum atomic E-state index is 12.0. The molecule has 1 fully saturated rings. The molecule has 2 N–H and O–H groups in total. The predicted molar refractivity (Wildman–Crippen MR) is 93.2 cm³/mol. The standard InChI is InChI=1S/C19H19N3O2/c23-18-14-9-4-5-10-15(14)19(22-21-18)24-17(16-11-6-12-20-16)13-7-2-1-3-8-13/h1-5,7-10,16-17,20H,6,11-12H2,(H,21,23). The van der Waals surface area contributed by atoms with Gasteiger partial charge in [0, 0.05) is 6.04 Å². The Morgan fingerprint density at radius 3 is 2.54 bits per heavy atom. The Morgan fingerprint density at radius 1 is 1.04 bits per heavy atom. The quantitative estimate of drug-likeness (QED) is 0.775. The fraction of sp³-hybridized carbons (Fsp3) is 0.263. The number of hydrogen-bond acceptors (Lipinski definition) is 4. The molecule has 0 bridgehead atoms. The third-order valence-electron chi connectivity index (χ3n) is 4.49. The average Bonchev–Trinajstić information content (AvgIpc) is 3.17. The fourth-order valence-electron chi connectivity index (χ4n) is 3.29.